The van der Waals surface area contributed by atoms with E-state index in [1.807, 2.05) is 0 Å². The average molecular weight is 420 g/mol. The summed E-state index contributed by atoms with van der Waals surface area (Å²) in [6.07, 6.45) is -9.45. The molecule has 152 valence electrons. The topological polar surface area (TPSA) is 96.0 Å². The number of carboxylic acids is 1. The summed E-state index contributed by atoms with van der Waals surface area (Å²) in [5, 5.41) is 15.5. The maximum atomic E-state index is 13.1. The van der Waals surface area contributed by atoms with Gasteiger partial charge in [0.25, 0.3) is 0 Å². The summed E-state index contributed by atoms with van der Waals surface area (Å²) < 4.78 is 80.0. The molecule has 13 heteroatoms. The number of likely N-dealkylation sites (tertiary alicyclic amines) is 1. The monoisotopic (exact) mass is 420 g/mol. The fraction of sp³-hybridized carbons (Fsp3) is 0.429. The van der Waals surface area contributed by atoms with E-state index < -0.39 is 42.3 Å². The summed E-state index contributed by atoms with van der Waals surface area (Å²) in [5.41, 5.74) is -1.53. The van der Waals surface area contributed by atoms with Gasteiger partial charge in [-0.05, 0) is 24.6 Å². The summed E-state index contributed by atoms with van der Waals surface area (Å²) in [6, 6.07) is 1.44. The van der Waals surface area contributed by atoms with E-state index in [1.165, 1.54) is 4.90 Å². The summed E-state index contributed by atoms with van der Waals surface area (Å²) >= 11 is 5.01. The largest absolute Gasteiger partial charge is 0.483 e. The molecule has 1 aliphatic heterocycles. The molecule has 0 aliphatic carbocycles. The van der Waals surface area contributed by atoms with Crippen molar-refractivity contribution >= 4 is 23.2 Å². The molecule has 0 spiro atoms. The van der Waals surface area contributed by atoms with E-state index in [2.05, 4.69) is 10.6 Å². The minimum atomic E-state index is -4.96. The zero-order valence-corrected chi connectivity index (χ0v) is 14.2. The van der Waals surface area contributed by atoms with E-state index in [0.717, 1.165) is 12.1 Å². The molecule has 27 heavy (non-hydrogen) atoms. The highest BCUT2D eigenvalue weighted by Crippen LogP contribution is 2.38. The van der Waals surface area contributed by atoms with Gasteiger partial charge in [-0.25, -0.2) is 10.7 Å². The van der Waals surface area contributed by atoms with Crippen LogP contribution in [0.4, 0.5) is 26.3 Å². The average Bonchev–Trinajstić information content (AvgIpc) is 2.51. The van der Waals surface area contributed by atoms with Crippen LogP contribution >= 0.6 is 12.2 Å². The number of aliphatic carboxylic acids is 1. The van der Waals surface area contributed by atoms with Crippen molar-refractivity contribution in [3.05, 3.63) is 29.3 Å². The van der Waals surface area contributed by atoms with Crippen LogP contribution in [0.25, 0.3) is 0 Å². The minimum absolute atomic E-state index is 0.118. The predicted molar refractivity (Wildman–Crippen MR) is 83.4 cm³/mol. The van der Waals surface area contributed by atoms with Gasteiger partial charge in [0.2, 0.25) is 0 Å². The molecular weight excluding hydrogens is 406 g/mol. The number of hydrogen-bond acceptors (Lipinski definition) is 5. The lowest BCUT2D eigenvalue weighted by Gasteiger charge is -2.40. The Labute approximate surface area is 154 Å². The van der Waals surface area contributed by atoms with Crippen molar-refractivity contribution < 1.29 is 46.2 Å². The minimum Gasteiger partial charge on any atom is -0.483 e. The number of alkyl halides is 6. The van der Waals surface area contributed by atoms with Crippen molar-refractivity contribution in [2.75, 3.05) is 13.2 Å². The lowest BCUT2D eigenvalue weighted by atomic mass is 10.0. The predicted octanol–water partition coefficient (Wildman–Crippen LogP) is 2.82. The number of rotatable bonds is 4. The van der Waals surface area contributed by atoms with E-state index in [0.29, 0.717) is 12.5 Å². The summed E-state index contributed by atoms with van der Waals surface area (Å²) in [6.45, 7) is -1.60. The zero-order chi connectivity index (χ0) is 21.0. The molecule has 6 nitrogen and oxygen atoms in total. The van der Waals surface area contributed by atoms with Crippen molar-refractivity contribution in [3.63, 3.8) is 0 Å². The third-order valence-electron chi connectivity index (χ3n) is 3.49. The van der Waals surface area contributed by atoms with Crippen molar-refractivity contribution in [3.8, 4) is 5.75 Å². The fourth-order valence-corrected chi connectivity index (χ4v) is 2.57. The van der Waals surface area contributed by atoms with Crippen molar-refractivity contribution in [2.24, 2.45) is 5.90 Å². The number of benzene rings is 1. The molecule has 1 atom stereocenters. The third-order valence-corrected chi connectivity index (χ3v) is 3.96. The van der Waals surface area contributed by atoms with Gasteiger partial charge in [0.1, 0.15) is 16.8 Å². The number of nitrogens with zero attached hydrogens (tertiary/aromatic N) is 1. The number of halogens is 6. The molecule has 4 N–H and O–H groups in total. The standard InChI is InChI=1S/C14H11F6NO3S.H3NO/c15-13(16,17)6-24-10-2-1-7(5-8(10)14(18,19)20)11(25)21-4-3-9(21)12(22)23;1-2/h1-2,5,9H,3-4,6H2,(H,22,23);2H,1H2. The molecule has 0 radical (unpaired) electrons. The van der Waals surface area contributed by atoms with Gasteiger partial charge in [-0.2, -0.15) is 26.3 Å². The molecule has 2 rings (SSSR count). The highest BCUT2D eigenvalue weighted by molar-refractivity contribution is 7.80. The number of ether oxygens (including phenoxy) is 1. The third kappa shape index (κ3) is 5.94. The van der Waals surface area contributed by atoms with Crippen LogP contribution in [0.15, 0.2) is 18.2 Å². The normalized spacial score (nSPS) is 16.7. The molecule has 1 heterocycles. The quantitative estimate of drug-likeness (QED) is 0.392. The molecular formula is C14H14F6N2O4S. The molecule has 0 amide bonds. The van der Waals surface area contributed by atoms with E-state index >= 15 is 0 Å². The first-order valence-corrected chi connectivity index (χ1v) is 7.51. The van der Waals surface area contributed by atoms with Crippen LogP contribution in [-0.2, 0) is 11.0 Å². The molecule has 1 aromatic rings. The molecule has 0 aromatic heterocycles. The Morgan fingerprint density at radius 2 is 1.85 bits per heavy atom. The highest BCUT2D eigenvalue weighted by atomic mass is 32.1. The lowest BCUT2D eigenvalue weighted by Crippen LogP contribution is -2.54. The van der Waals surface area contributed by atoms with Crippen molar-refractivity contribution in [2.45, 2.75) is 24.8 Å². The number of nitrogens with two attached hydrogens (primary N) is 1. The second-order valence-electron chi connectivity index (χ2n) is 5.25. The molecule has 0 saturated carbocycles. The summed E-state index contributed by atoms with van der Waals surface area (Å²) in [5.74, 6) is 1.37. The van der Waals surface area contributed by atoms with Gasteiger partial charge in [0.15, 0.2) is 6.61 Å². The van der Waals surface area contributed by atoms with Gasteiger partial charge in [-0.1, -0.05) is 12.2 Å². The van der Waals surface area contributed by atoms with E-state index in [1.54, 1.807) is 0 Å². The molecule has 1 aliphatic rings. The zero-order valence-electron chi connectivity index (χ0n) is 13.3. The number of hydrogen-bond donors (Lipinski definition) is 3. The Kier molecular flexibility index (Phi) is 7.40. The van der Waals surface area contributed by atoms with E-state index in [4.69, 9.17) is 22.5 Å². The van der Waals surface area contributed by atoms with Gasteiger partial charge >= 0.3 is 18.3 Å². The van der Waals surface area contributed by atoms with Crippen LogP contribution < -0.4 is 10.6 Å². The number of carboxylic acid groups (broad SMARTS) is 1. The smallest absolute Gasteiger partial charge is 0.422 e. The van der Waals surface area contributed by atoms with Crippen LogP contribution in [-0.4, -0.2) is 51.5 Å². The number of thiocarbonyl (C=S) groups is 1. The first-order chi connectivity index (χ1) is 12.4. The maximum Gasteiger partial charge on any atom is 0.422 e. The second-order valence-corrected chi connectivity index (χ2v) is 5.64. The SMILES string of the molecule is NO.O=C(O)C1CCN1C(=S)c1ccc(OCC(F)(F)F)c(C(F)(F)F)c1. The molecule has 1 fully saturated rings. The van der Waals surface area contributed by atoms with Crippen molar-refractivity contribution in [1.29, 1.82) is 0 Å². The molecule has 1 aromatic carbocycles. The summed E-state index contributed by atoms with van der Waals surface area (Å²) in [4.78, 5) is 12.1. The Balaban J connectivity index is 0.00000176. The first kappa shape index (κ1) is 22.9. The first-order valence-electron chi connectivity index (χ1n) is 7.10. The van der Waals surface area contributed by atoms with Gasteiger partial charge in [0, 0.05) is 12.1 Å². The van der Waals surface area contributed by atoms with Crippen molar-refractivity contribution in [1.82, 2.24) is 4.90 Å². The number of carbonyl (C=O) groups is 1. The Morgan fingerprint density at radius 3 is 2.26 bits per heavy atom. The highest BCUT2D eigenvalue weighted by Gasteiger charge is 2.39. The van der Waals surface area contributed by atoms with E-state index in [-0.39, 0.29) is 17.1 Å². The fourth-order valence-electron chi connectivity index (χ4n) is 2.22. The van der Waals surface area contributed by atoms with Crippen LogP contribution in [0.1, 0.15) is 17.5 Å². The molecule has 0 bridgehead atoms. The lowest BCUT2D eigenvalue weighted by molar-refractivity contribution is -0.158. The second kappa shape index (κ2) is 8.71. The Morgan fingerprint density at radius 1 is 1.26 bits per heavy atom. The van der Waals surface area contributed by atoms with Crippen LogP contribution in [0.3, 0.4) is 0 Å². The van der Waals surface area contributed by atoms with Gasteiger partial charge < -0.3 is 20.0 Å². The summed E-state index contributed by atoms with van der Waals surface area (Å²) in [7, 11) is 0. The van der Waals surface area contributed by atoms with E-state index in [9.17, 15) is 31.1 Å². The van der Waals surface area contributed by atoms with Gasteiger partial charge in [-0.3, -0.25) is 0 Å². The van der Waals surface area contributed by atoms with Gasteiger partial charge in [-0.15, -0.1) is 0 Å². The van der Waals surface area contributed by atoms with Crippen LogP contribution in [0.2, 0.25) is 0 Å². The van der Waals surface area contributed by atoms with Crippen LogP contribution in [0, 0.1) is 0 Å². The maximum absolute atomic E-state index is 13.1. The molecule has 1 unspecified atom stereocenters. The van der Waals surface area contributed by atoms with Gasteiger partial charge in [0.05, 0.1) is 5.56 Å². The molecule has 1 saturated heterocycles. The van der Waals surface area contributed by atoms with Crippen LogP contribution in [0.5, 0.6) is 5.75 Å². The Hall–Kier alpha value is -2.12. The Bertz CT molecular complexity index is 695.